The molecule has 0 atom stereocenters. The Labute approximate surface area is 124 Å². The third-order valence-corrected chi connectivity index (χ3v) is 3.18. The number of nitrogens with one attached hydrogen (secondary N) is 1. The molecule has 0 fully saturated rings. The molecule has 4 nitrogen and oxygen atoms in total. The van der Waals surface area contributed by atoms with Gasteiger partial charge in [0.05, 0.1) is 23.5 Å². The lowest BCUT2D eigenvalue weighted by atomic mass is 10.1. The van der Waals surface area contributed by atoms with Crippen LogP contribution in [0.5, 0.6) is 0 Å². The normalized spacial score (nSPS) is 10.2. The molecule has 0 saturated heterocycles. The molecule has 0 radical (unpaired) electrons. The topological polar surface area (TPSA) is 64.3 Å². The molecule has 3 N–H and O–H groups in total. The molecule has 2 aromatic rings. The third-order valence-electron chi connectivity index (χ3n) is 3.18. The summed E-state index contributed by atoms with van der Waals surface area (Å²) in [5.74, 6) is -0.365. The van der Waals surface area contributed by atoms with Crippen LogP contribution in [-0.2, 0) is 11.3 Å². The zero-order valence-electron chi connectivity index (χ0n) is 12.3. The molecular weight excluding hydrogens is 264 g/mol. The number of aryl methyl sites for hydroxylation is 1. The van der Waals surface area contributed by atoms with E-state index in [1.165, 1.54) is 5.56 Å². The van der Waals surface area contributed by atoms with Crippen LogP contribution in [0.2, 0.25) is 0 Å². The number of nitrogen functional groups attached to an aromatic ring is 1. The average Bonchev–Trinajstić information content (AvgIpc) is 2.47. The van der Waals surface area contributed by atoms with Crippen molar-refractivity contribution < 1.29 is 9.53 Å². The van der Waals surface area contributed by atoms with Crippen molar-refractivity contribution in [2.24, 2.45) is 0 Å². The van der Waals surface area contributed by atoms with Crippen molar-refractivity contribution in [2.45, 2.75) is 20.4 Å². The van der Waals surface area contributed by atoms with Gasteiger partial charge >= 0.3 is 5.97 Å². The number of para-hydroxylation sites is 1. The number of hydrogen-bond donors (Lipinski definition) is 2. The van der Waals surface area contributed by atoms with Crippen LogP contribution < -0.4 is 11.1 Å². The lowest BCUT2D eigenvalue weighted by Crippen LogP contribution is -2.11. The summed E-state index contributed by atoms with van der Waals surface area (Å²) >= 11 is 0. The van der Waals surface area contributed by atoms with Crippen molar-refractivity contribution in [3.63, 3.8) is 0 Å². The minimum atomic E-state index is -0.365. The van der Waals surface area contributed by atoms with Gasteiger partial charge in [0.1, 0.15) is 0 Å². The van der Waals surface area contributed by atoms with E-state index in [4.69, 9.17) is 10.5 Å². The number of nitrogens with two attached hydrogens (primary N) is 1. The number of hydrogen-bond acceptors (Lipinski definition) is 4. The number of benzene rings is 2. The summed E-state index contributed by atoms with van der Waals surface area (Å²) in [6.07, 6.45) is 0. The molecule has 0 bridgehead atoms. The van der Waals surface area contributed by atoms with E-state index in [1.54, 1.807) is 25.1 Å². The molecule has 2 rings (SSSR count). The number of anilines is 2. The van der Waals surface area contributed by atoms with E-state index in [0.717, 1.165) is 5.56 Å². The fourth-order valence-corrected chi connectivity index (χ4v) is 2.04. The zero-order chi connectivity index (χ0) is 15.2. The average molecular weight is 284 g/mol. The molecule has 0 amide bonds. The number of carbonyl (C=O) groups excluding carboxylic acids is 1. The van der Waals surface area contributed by atoms with Gasteiger partial charge in [-0.25, -0.2) is 4.79 Å². The molecule has 0 aliphatic heterocycles. The first-order valence-electron chi connectivity index (χ1n) is 6.97. The molecule has 0 heterocycles. The van der Waals surface area contributed by atoms with Crippen molar-refractivity contribution in [2.75, 3.05) is 17.7 Å². The van der Waals surface area contributed by atoms with Gasteiger partial charge in [-0.1, -0.05) is 35.9 Å². The Hall–Kier alpha value is -2.49. The van der Waals surface area contributed by atoms with Crippen molar-refractivity contribution in [1.29, 1.82) is 0 Å². The van der Waals surface area contributed by atoms with Gasteiger partial charge in [0.25, 0.3) is 0 Å². The van der Waals surface area contributed by atoms with Crippen molar-refractivity contribution in [3.8, 4) is 0 Å². The van der Waals surface area contributed by atoms with Crippen LogP contribution in [0.15, 0.2) is 42.5 Å². The number of rotatable bonds is 5. The van der Waals surface area contributed by atoms with Crippen molar-refractivity contribution in [1.82, 2.24) is 0 Å². The summed E-state index contributed by atoms with van der Waals surface area (Å²) < 4.78 is 5.06. The van der Waals surface area contributed by atoms with Crippen LogP contribution in [-0.4, -0.2) is 12.6 Å². The van der Waals surface area contributed by atoms with Crippen LogP contribution in [0, 0.1) is 6.92 Å². The second-order valence-corrected chi connectivity index (χ2v) is 4.83. The maximum atomic E-state index is 12.0. The van der Waals surface area contributed by atoms with Gasteiger partial charge in [-0.2, -0.15) is 0 Å². The summed E-state index contributed by atoms with van der Waals surface area (Å²) in [5, 5.41) is 3.23. The minimum absolute atomic E-state index is 0.338. The maximum Gasteiger partial charge on any atom is 0.340 e. The van der Waals surface area contributed by atoms with Gasteiger partial charge in [-0.15, -0.1) is 0 Å². The predicted octanol–water partition coefficient (Wildman–Crippen LogP) is 3.37. The standard InChI is InChI=1S/C17H20N2O2/c1-3-21-17(20)14-5-4-6-15(18)16(14)19-11-13-9-7-12(2)8-10-13/h4-10,19H,3,11,18H2,1-2H3. The summed E-state index contributed by atoms with van der Waals surface area (Å²) in [4.78, 5) is 12.0. The van der Waals surface area contributed by atoms with E-state index in [0.29, 0.717) is 30.1 Å². The Morgan fingerprint density at radius 3 is 2.57 bits per heavy atom. The number of ether oxygens (including phenoxy) is 1. The first kappa shape index (κ1) is 14.9. The van der Waals surface area contributed by atoms with E-state index in [-0.39, 0.29) is 5.97 Å². The van der Waals surface area contributed by atoms with Crippen LogP contribution in [0.4, 0.5) is 11.4 Å². The van der Waals surface area contributed by atoms with Gasteiger partial charge in [0.2, 0.25) is 0 Å². The van der Waals surface area contributed by atoms with Gasteiger partial charge < -0.3 is 15.8 Å². The Bertz CT molecular complexity index is 621. The number of carbonyl (C=O) groups is 1. The smallest absolute Gasteiger partial charge is 0.340 e. The molecule has 0 aliphatic rings. The monoisotopic (exact) mass is 284 g/mol. The lowest BCUT2D eigenvalue weighted by molar-refractivity contribution is 0.0527. The first-order chi connectivity index (χ1) is 10.1. The van der Waals surface area contributed by atoms with Gasteiger partial charge in [-0.3, -0.25) is 0 Å². The van der Waals surface area contributed by atoms with Crippen LogP contribution >= 0.6 is 0 Å². The highest BCUT2D eigenvalue weighted by Gasteiger charge is 2.14. The molecule has 2 aromatic carbocycles. The fraction of sp³-hybridized carbons (Fsp3) is 0.235. The van der Waals surface area contributed by atoms with Crippen molar-refractivity contribution in [3.05, 3.63) is 59.2 Å². The molecule has 0 aromatic heterocycles. The van der Waals surface area contributed by atoms with Gasteiger partial charge in [-0.05, 0) is 31.5 Å². The van der Waals surface area contributed by atoms with Gasteiger partial charge in [0.15, 0.2) is 0 Å². The van der Waals surface area contributed by atoms with Gasteiger partial charge in [0, 0.05) is 6.54 Å². The quantitative estimate of drug-likeness (QED) is 0.652. The Morgan fingerprint density at radius 2 is 1.90 bits per heavy atom. The van der Waals surface area contributed by atoms with Crippen molar-refractivity contribution >= 4 is 17.3 Å². The summed E-state index contributed by atoms with van der Waals surface area (Å²) in [6.45, 7) is 4.76. The second kappa shape index (κ2) is 6.79. The molecule has 21 heavy (non-hydrogen) atoms. The molecule has 0 aliphatic carbocycles. The van der Waals surface area contributed by atoms with E-state index >= 15 is 0 Å². The van der Waals surface area contributed by atoms with Crippen LogP contribution in [0.1, 0.15) is 28.4 Å². The second-order valence-electron chi connectivity index (χ2n) is 4.83. The highest BCUT2D eigenvalue weighted by molar-refractivity contribution is 5.98. The summed E-state index contributed by atoms with van der Waals surface area (Å²) in [6, 6.07) is 13.4. The molecule has 0 saturated carbocycles. The molecule has 110 valence electrons. The fourth-order valence-electron chi connectivity index (χ4n) is 2.04. The van der Waals surface area contributed by atoms with E-state index in [2.05, 4.69) is 17.4 Å². The minimum Gasteiger partial charge on any atom is -0.462 e. The highest BCUT2D eigenvalue weighted by Crippen LogP contribution is 2.25. The Morgan fingerprint density at radius 1 is 1.19 bits per heavy atom. The van der Waals surface area contributed by atoms with Crippen LogP contribution in [0.25, 0.3) is 0 Å². The van der Waals surface area contributed by atoms with E-state index in [1.807, 2.05) is 19.1 Å². The SMILES string of the molecule is CCOC(=O)c1cccc(N)c1NCc1ccc(C)cc1. The molecule has 0 spiro atoms. The maximum absolute atomic E-state index is 12.0. The predicted molar refractivity (Wildman–Crippen MR) is 85.3 cm³/mol. The third kappa shape index (κ3) is 3.75. The largest absolute Gasteiger partial charge is 0.462 e. The van der Waals surface area contributed by atoms with E-state index < -0.39 is 0 Å². The number of esters is 1. The molecule has 0 unspecified atom stereocenters. The lowest BCUT2D eigenvalue weighted by Gasteiger charge is -2.14. The van der Waals surface area contributed by atoms with Crippen LogP contribution in [0.3, 0.4) is 0 Å². The molecule has 4 heteroatoms. The van der Waals surface area contributed by atoms with E-state index in [9.17, 15) is 4.79 Å². The zero-order valence-corrected chi connectivity index (χ0v) is 12.3. The highest BCUT2D eigenvalue weighted by atomic mass is 16.5. The summed E-state index contributed by atoms with van der Waals surface area (Å²) in [5.41, 5.74) is 9.93. The summed E-state index contributed by atoms with van der Waals surface area (Å²) in [7, 11) is 0. The first-order valence-corrected chi connectivity index (χ1v) is 6.97. The molecular formula is C17H20N2O2. The Kier molecular flexibility index (Phi) is 4.82. The Balaban J connectivity index is 2.18.